The van der Waals surface area contributed by atoms with Gasteiger partial charge in [0, 0.05) is 0 Å². The predicted octanol–water partition coefficient (Wildman–Crippen LogP) is 3.21. The van der Waals surface area contributed by atoms with Crippen LogP contribution in [-0.2, 0) is 9.31 Å². The summed E-state index contributed by atoms with van der Waals surface area (Å²) in [5.41, 5.74) is 1.32. The second-order valence-corrected chi connectivity index (χ2v) is 6.91. The minimum atomic E-state index is -0.378. The van der Waals surface area contributed by atoms with Gasteiger partial charge in [-0.1, -0.05) is 44.0 Å². The quantitative estimate of drug-likeness (QED) is 0.846. The minimum Gasteiger partial charge on any atom is -0.399 e. The van der Waals surface area contributed by atoms with E-state index in [4.69, 9.17) is 9.31 Å². The molecule has 1 unspecified atom stereocenters. The number of benzene rings is 1. The number of rotatable bonds is 5. The Morgan fingerprint density at radius 1 is 1.05 bits per heavy atom. The van der Waals surface area contributed by atoms with E-state index < -0.39 is 0 Å². The third kappa shape index (κ3) is 3.50. The van der Waals surface area contributed by atoms with Crippen LogP contribution in [-0.4, -0.2) is 23.4 Å². The fourth-order valence-corrected chi connectivity index (χ4v) is 2.42. The van der Waals surface area contributed by atoms with Crippen molar-refractivity contribution in [2.24, 2.45) is 0 Å². The second kappa shape index (κ2) is 6.11. The van der Waals surface area contributed by atoms with Gasteiger partial charge in [-0.15, -0.1) is 0 Å². The molecule has 0 radical (unpaired) electrons. The highest BCUT2D eigenvalue weighted by molar-refractivity contribution is 6.62. The third-order valence-corrected chi connectivity index (χ3v) is 4.68. The molecule has 0 bridgehead atoms. The van der Waals surface area contributed by atoms with Gasteiger partial charge in [-0.2, -0.15) is 0 Å². The molecule has 21 heavy (non-hydrogen) atoms. The van der Waals surface area contributed by atoms with Crippen LogP contribution < -0.4 is 5.46 Å². The maximum Gasteiger partial charge on any atom is 0.494 e. The molecule has 1 fully saturated rings. The van der Waals surface area contributed by atoms with Crippen LogP contribution in [0.5, 0.6) is 0 Å². The molecule has 0 aromatic heterocycles. The van der Waals surface area contributed by atoms with Crippen LogP contribution in [0.2, 0.25) is 0 Å². The third-order valence-electron chi connectivity index (χ3n) is 4.68. The molecule has 0 saturated carbocycles. The first-order valence-electron chi connectivity index (χ1n) is 7.90. The first kappa shape index (κ1) is 16.5. The van der Waals surface area contributed by atoms with Crippen molar-refractivity contribution >= 4 is 12.6 Å². The first-order chi connectivity index (χ1) is 9.77. The molecular formula is C17H27BO3. The number of aliphatic hydroxyl groups is 1. The van der Waals surface area contributed by atoms with E-state index in [0.29, 0.717) is 0 Å². The van der Waals surface area contributed by atoms with E-state index in [9.17, 15) is 5.11 Å². The van der Waals surface area contributed by atoms with Crippen molar-refractivity contribution in [1.29, 1.82) is 0 Å². The summed E-state index contributed by atoms with van der Waals surface area (Å²) in [6.45, 7) is 10.3. The molecule has 2 rings (SSSR count). The molecule has 3 nitrogen and oxygen atoms in total. The summed E-state index contributed by atoms with van der Waals surface area (Å²) in [5, 5.41) is 10.1. The smallest absolute Gasteiger partial charge is 0.399 e. The van der Waals surface area contributed by atoms with Gasteiger partial charge < -0.3 is 14.4 Å². The standard InChI is InChI=1S/C17H27BO3/c1-6-7-8-15(19)13-9-11-14(12-10-13)18-20-16(2,3)17(4,5)21-18/h9-12,15,19H,6-8H2,1-5H3. The summed E-state index contributed by atoms with van der Waals surface area (Å²) in [6.07, 6.45) is 2.58. The monoisotopic (exact) mass is 290 g/mol. The molecule has 0 spiro atoms. The summed E-state index contributed by atoms with van der Waals surface area (Å²) in [4.78, 5) is 0. The molecule has 1 heterocycles. The van der Waals surface area contributed by atoms with Crippen molar-refractivity contribution in [1.82, 2.24) is 0 Å². The molecule has 1 aromatic rings. The van der Waals surface area contributed by atoms with E-state index in [1.807, 2.05) is 24.3 Å². The molecule has 0 amide bonds. The van der Waals surface area contributed by atoms with Crippen LogP contribution in [0.3, 0.4) is 0 Å². The zero-order valence-electron chi connectivity index (χ0n) is 13.8. The summed E-state index contributed by atoms with van der Waals surface area (Å²) in [6, 6.07) is 7.93. The Morgan fingerprint density at radius 2 is 1.57 bits per heavy atom. The van der Waals surface area contributed by atoms with Crippen LogP contribution in [0.4, 0.5) is 0 Å². The van der Waals surface area contributed by atoms with Crippen molar-refractivity contribution in [3.8, 4) is 0 Å². The van der Waals surface area contributed by atoms with E-state index >= 15 is 0 Å². The summed E-state index contributed by atoms with van der Waals surface area (Å²) >= 11 is 0. The first-order valence-corrected chi connectivity index (χ1v) is 7.90. The number of hydrogen-bond donors (Lipinski definition) is 1. The molecular weight excluding hydrogens is 263 g/mol. The van der Waals surface area contributed by atoms with E-state index in [2.05, 4.69) is 34.6 Å². The molecule has 1 aliphatic rings. The van der Waals surface area contributed by atoms with Crippen molar-refractivity contribution < 1.29 is 14.4 Å². The Balaban J connectivity index is 2.07. The largest absolute Gasteiger partial charge is 0.494 e. The van der Waals surface area contributed by atoms with Gasteiger partial charge in [-0.25, -0.2) is 0 Å². The van der Waals surface area contributed by atoms with Crippen LogP contribution >= 0.6 is 0 Å². The van der Waals surface area contributed by atoms with Gasteiger partial charge in [0.25, 0.3) is 0 Å². The average Bonchev–Trinajstić information content (AvgIpc) is 2.65. The number of hydrogen-bond acceptors (Lipinski definition) is 3. The fourth-order valence-electron chi connectivity index (χ4n) is 2.42. The lowest BCUT2D eigenvalue weighted by atomic mass is 9.78. The predicted molar refractivity (Wildman–Crippen MR) is 86.6 cm³/mol. The van der Waals surface area contributed by atoms with Crippen molar-refractivity contribution in [3.63, 3.8) is 0 Å². The van der Waals surface area contributed by atoms with Gasteiger partial charge in [0.2, 0.25) is 0 Å². The van der Waals surface area contributed by atoms with Crippen molar-refractivity contribution in [2.75, 3.05) is 0 Å². The molecule has 1 atom stereocenters. The van der Waals surface area contributed by atoms with Crippen LogP contribution in [0.25, 0.3) is 0 Å². The summed E-state index contributed by atoms with van der Waals surface area (Å²) < 4.78 is 12.1. The summed E-state index contributed by atoms with van der Waals surface area (Å²) in [7, 11) is -0.336. The van der Waals surface area contributed by atoms with Gasteiger partial charge in [0.05, 0.1) is 17.3 Å². The highest BCUT2D eigenvalue weighted by Gasteiger charge is 2.51. The highest BCUT2D eigenvalue weighted by atomic mass is 16.7. The minimum absolute atomic E-state index is 0.322. The Labute approximate surface area is 128 Å². The zero-order valence-corrected chi connectivity index (χ0v) is 13.8. The van der Waals surface area contributed by atoms with Crippen LogP contribution in [0.15, 0.2) is 24.3 Å². The molecule has 1 aromatic carbocycles. The Morgan fingerprint density at radius 3 is 2.05 bits per heavy atom. The Hall–Kier alpha value is -0.835. The molecule has 1 saturated heterocycles. The van der Waals surface area contributed by atoms with Gasteiger partial charge in [0.15, 0.2) is 0 Å². The van der Waals surface area contributed by atoms with Crippen molar-refractivity contribution in [2.45, 2.75) is 71.2 Å². The maximum atomic E-state index is 10.1. The van der Waals surface area contributed by atoms with Gasteiger partial charge in [-0.3, -0.25) is 0 Å². The Kier molecular flexibility index (Phi) is 4.81. The van der Waals surface area contributed by atoms with E-state index in [0.717, 1.165) is 30.3 Å². The lowest BCUT2D eigenvalue weighted by molar-refractivity contribution is 0.00578. The molecule has 1 N–H and O–H groups in total. The second-order valence-electron chi connectivity index (χ2n) is 6.91. The molecule has 1 aliphatic heterocycles. The Bertz CT molecular complexity index is 451. The van der Waals surface area contributed by atoms with Gasteiger partial charge >= 0.3 is 7.12 Å². The maximum absolute atomic E-state index is 10.1. The van der Waals surface area contributed by atoms with Gasteiger partial charge in [0.1, 0.15) is 0 Å². The average molecular weight is 290 g/mol. The normalized spacial score (nSPS) is 21.5. The zero-order chi connectivity index (χ0) is 15.7. The lowest BCUT2D eigenvalue weighted by Gasteiger charge is -2.32. The van der Waals surface area contributed by atoms with E-state index in [-0.39, 0.29) is 24.4 Å². The lowest BCUT2D eigenvalue weighted by Crippen LogP contribution is -2.41. The molecule has 116 valence electrons. The molecule has 4 heteroatoms. The highest BCUT2D eigenvalue weighted by Crippen LogP contribution is 2.36. The van der Waals surface area contributed by atoms with Crippen molar-refractivity contribution in [3.05, 3.63) is 29.8 Å². The SMILES string of the molecule is CCCCC(O)c1ccc(B2OC(C)(C)C(C)(C)O2)cc1. The van der Waals surface area contributed by atoms with Crippen LogP contribution in [0.1, 0.15) is 65.5 Å². The van der Waals surface area contributed by atoms with Crippen LogP contribution in [0, 0.1) is 0 Å². The number of unbranched alkanes of at least 4 members (excludes halogenated alkanes) is 1. The fraction of sp³-hybridized carbons (Fsp3) is 0.647. The number of aliphatic hydroxyl groups excluding tert-OH is 1. The van der Waals surface area contributed by atoms with E-state index in [1.165, 1.54) is 0 Å². The topological polar surface area (TPSA) is 38.7 Å². The molecule has 0 aliphatic carbocycles. The summed E-state index contributed by atoms with van der Waals surface area (Å²) in [5.74, 6) is 0. The van der Waals surface area contributed by atoms with E-state index in [1.54, 1.807) is 0 Å². The van der Waals surface area contributed by atoms with Gasteiger partial charge in [-0.05, 0) is 45.1 Å².